The first kappa shape index (κ1) is 13.6. The molecule has 2 aromatic rings. The third-order valence-electron chi connectivity index (χ3n) is 3.58. The van der Waals surface area contributed by atoms with Crippen LogP contribution in [-0.4, -0.2) is 23.5 Å². The Bertz CT molecular complexity index is 688. The zero-order valence-corrected chi connectivity index (χ0v) is 11.5. The monoisotopic (exact) mass is 284 g/mol. The molecule has 1 aromatic heterocycles. The van der Waals surface area contributed by atoms with Crippen LogP contribution in [0.2, 0.25) is 0 Å². The summed E-state index contributed by atoms with van der Waals surface area (Å²) in [4.78, 5) is 25.4. The number of hydrogen-bond donors (Lipinski definition) is 2. The van der Waals surface area contributed by atoms with Gasteiger partial charge in [-0.3, -0.25) is 9.59 Å². The number of aromatic amines is 1. The molecule has 3 rings (SSSR count). The maximum Gasteiger partial charge on any atom is 0.252 e. The molecule has 0 fully saturated rings. The van der Waals surface area contributed by atoms with E-state index in [1.54, 1.807) is 0 Å². The highest BCUT2D eigenvalue weighted by molar-refractivity contribution is 5.93. The lowest BCUT2D eigenvalue weighted by atomic mass is 9.99. The van der Waals surface area contributed by atoms with Crippen LogP contribution in [0.3, 0.4) is 0 Å². The Hall–Kier alpha value is -2.40. The van der Waals surface area contributed by atoms with Gasteiger partial charge in [0, 0.05) is 25.2 Å². The topological polar surface area (TPSA) is 71.2 Å². The van der Waals surface area contributed by atoms with Gasteiger partial charge >= 0.3 is 0 Å². The summed E-state index contributed by atoms with van der Waals surface area (Å²) in [5, 5.41) is 2.83. The fourth-order valence-electron chi connectivity index (χ4n) is 2.40. The number of H-pyrrole nitrogens is 1. The number of aromatic nitrogens is 1. The number of ether oxygens (including phenoxy) is 1. The number of fused-ring (bicyclic) bond motifs is 1. The van der Waals surface area contributed by atoms with E-state index in [9.17, 15) is 9.59 Å². The van der Waals surface area contributed by atoms with Gasteiger partial charge in [0.2, 0.25) is 5.56 Å². The first-order valence-corrected chi connectivity index (χ1v) is 6.88. The van der Waals surface area contributed by atoms with Gasteiger partial charge in [-0.2, -0.15) is 0 Å². The first-order chi connectivity index (χ1) is 10.2. The maximum atomic E-state index is 12.0. The smallest absolute Gasteiger partial charge is 0.252 e. The standard InChI is InChI=1S/C16H16N2O3/c19-15-6-5-12(8-17-15)16(20)18-9-14-7-11-3-1-2-4-13(11)10-21-14/h1-6,8,14H,7,9-10H2,(H,17,19)(H,18,20). The minimum absolute atomic E-state index is 0.0217. The molecule has 1 aliphatic heterocycles. The SMILES string of the molecule is O=C(NCC1Cc2ccccc2CO1)c1ccc(=O)[nH]c1. The second-order valence-corrected chi connectivity index (χ2v) is 5.06. The van der Waals surface area contributed by atoms with E-state index in [0.717, 1.165) is 6.42 Å². The Labute approximate surface area is 122 Å². The number of carbonyl (C=O) groups is 1. The zero-order chi connectivity index (χ0) is 14.7. The molecule has 0 spiro atoms. The average Bonchev–Trinajstić information content (AvgIpc) is 2.53. The minimum atomic E-state index is -0.223. The Morgan fingerprint density at radius 1 is 1.24 bits per heavy atom. The molecule has 1 aliphatic rings. The normalized spacial score (nSPS) is 17.0. The molecule has 2 N–H and O–H groups in total. The van der Waals surface area contributed by atoms with Crippen molar-refractivity contribution in [2.45, 2.75) is 19.1 Å². The molecule has 1 amide bonds. The van der Waals surface area contributed by atoms with Gasteiger partial charge in [0.25, 0.3) is 5.91 Å². The molecule has 5 nitrogen and oxygen atoms in total. The predicted octanol–water partition coefficient (Wildman–Crippen LogP) is 1.25. The van der Waals surface area contributed by atoms with E-state index in [0.29, 0.717) is 18.7 Å². The van der Waals surface area contributed by atoms with Crippen LogP contribution >= 0.6 is 0 Å². The van der Waals surface area contributed by atoms with Crippen LogP contribution in [0, 0.1) is 0 Å². The van der Waals surface area contributed by atoms with E-state index in [-0.39, 0.29) is 17.6 Å². The van der Waals surface area contributed by atoms with Crippen molar-refractivity contribution in [2.24, 2.45) is 0 Å². The second kappa shape index (κ2) is 5.93. The molecule has 0 radical (unpaired) electrons. The second-order valence-electron chi connectivity index (χ2n) is 5.06. The van der Waals surface area contributed by atoms with Crippen molar-refractivity contribution in [3.05, 3.63) is 69.6 Å². The van der Waals surface area contributed by atoms with Crippen LogP contribution < -0.4 is 10.9 Å². The lowest BCUT2D eigenvalue weighted by Crippen LogP contribution is -2.36. The van der Waals surface area contributed by atoms with Crippen LogP contribution in [0.25, 0.3) is 0 Å². The lowest BCUT2D eigenvalue weighted by Gasteiger charge is -2.25. The fourth-order valence-corrected chi connectivity index (χ4v) is 2.40. The van der Waals surface area contributed by atoms with Gasteiger partial charge in [-0.25, -0.2) is 0 Å². The lowest BCUT2D eigenvalue weighted by molar-refractivity contribution is 0.0285. The van der Waals surface area contributed by atoms with Crippen LogP contribution in [0.15, 0.2) is 47.4 Å². The van der Waals surface area contributed by atoms with E-state index < -0.39 is 0 Å². The van der Waals surface area contributed by atoms with Crippen LogP contribution in [-0.2, 0) is 17.8 Å². The average molecular weight is 284 g/mol. The van der Waals surface area contributed by atoms with Gasteiger partial charge in [-0.1, -0.05) is 24.3 Å². The third-order valence-corrected chi connectivity index (χ3v) is 3.58. The highest BCUT2D eigenvalue weighted by atomic mass is 16.5. The molecule has 0 saturated heterocycles. The van der Waals surface area contributed by atoms with E-state index in [4.69, 9.17) is 4.74 Å². The summed E-state index contributed by atoms with van der Waals surface area (Å²) in [7, 11) is 0. The summed E-state index contributed by atoms with van der Waals surface area (Å²) >= 11 is 0. The Balaban J connectivity index is 1.58. The molecular weight excluding hydrogens is 268 g/mol. The van der Waals surface area contributed by atoms with Crippen molar-refractivity contribution in [2.75, 3.05) is 6.54 Å². The van der Waals surface area contributed by atoms with Crippen molar-refractivity contribution >= 4 is 5.91 Å². The summed E-state index contributed by atoms with van der Waals surface area (Å²) in [5.41, 5.74) is 2.69. The van der Waals surface area contributed by atoms with Gasteiger partial charge in [-0.15, -0.1) is 0 Å². The van der Waals surface area contributed by atoms with Crippen LogP contribution in [0.5, 0.6) is 0 Å². The highest BCUT2D eigenvalue weighted by Gasteiger charge is 2.19. The van der Waals surface area contributed by atoms with Crippen LogP contribution in [0.4, 0.5) is 0 Å². The Morgan fingerprint density at radius 3 is 2.81 bits per heavy atom. The number of carbonyl (C=O) groups excluding carboxylic acids is 1. The van der Waals surface area contributed by atoms with Gasteiger partial charge < -0.3 is 15.0 Å². The van der Waals surface area contributed by atoms with Crippen molar-refractivity contribution in [3.63, 3.8) is 0 Å². The fraction of sp³-hybridized carbons (Fsp3) is 0.250. The van der Waals surface area contributed by atoms with Crippen molar-refractivity contribution in [1.29, 1.82) is 0 Å². The molecule has 1 atom stereocenters. The van der Waals surface area contributed by atoms with E-state index in [1.807, 2.05) is 12.1 Å². The summed E-state index contributed by atoms with van der Waals surface area (Å²) in [6.45, 7) is 1.03. The first-order valence-electron chi connectivity index (χ1n) is 6.88. The van der Waals surface area contributed by atoms with Crippen molar-refractivity contribution in [3.8, 4) is 0 Å². The molecule has 0 bridgehead atoms. The molecule has 1 aromatic carbocycles. The molecule has 0 saturated carbocycles. The highest BCUT2D eigenvalue weighted by Crippen LogP contribution is 2.19. The summed E-state index contributed by atoms with van der Waals surface area (Å²) < 4.78 is 5.74. The molecule has 0 aliphatic carbocycles. The zero-order valence-electron chi connectivity index (χ0n) is 11.5. The van der Waals surface area contributed by atoms with E-state index in [2.05, 4.69) is 22.4 Å². The number of amides is 1. The molecule has 21 heavy (non-hydrogen) atoms. The number of rotatable bonds is 3. The van der Waals surface area contributed by atoms with E-state index in [1.165, 1.54) is 29.5 Å². The number of pyridine rings is 1. The van der Waals surface area contributed by atoms with Crippen molar-refractivity contribution in [1.82, 2.24) is 10.3 Å². The molecule has 1 unspecified atom stereocenters. The number of nitrogens with one attached hydrogen (secondary N) is 2. The maximum absolute atomic E-state index is 12.0. The van der Waals surface area contributed by atoms with Gasteiger partial charge in [0.1, 0.15) is 0 Å². The Morgan fingerprint density at radius 2 is 2.05 bits per heavy atom. The molecule has 2 heterocycles. The Kier molecular flexibility index (Phi) is 3.83. The van der Waals surface area contributed by atoms with Crippen molar-refractivity contribution < 1.29 is 9.53 Å². The summed E-state index contributed by atoms with van der Waals surface area (Å²) in [6.07, 6.45) is 2.18. The van der Waals surface area contributed by atoms with Gasteiger partial charge in [0.05, 0.1) is 18.3 Å². The summed E-state index contributed by atoms with van der Waals surface area (Å²) in [5.74, 6) is -0.214. The minimum Gasteiger partial charge on any atom is -0.371 e. The molecule has 108 valence electrons. The molecule has 5 heteroatoms. The largest absolute Gasteiger partial charge is 0.371 e. The number of hydrogen-bond acceptors (Lipinski definition) is 3. The van der Waals surface area contributed by atoms with Gasteiger partial charge in [0.15, 0.2) is 0 Å². The van der Waals surface area contributed by atoms with Gasteiger partial charge in [-0.05, 0) is 17.2 Å². The third kappa shape index (κ3) is 3.20. The molecular formula is C16H16N2O3. The van der Waals surface area contributed by atoms with E-state index >= 15 is 0 Å². The van der Waals surface area contributed by atoms with Crippen LogP contribution in [0.1, 0.15) is 21.5 Å². The predicted molar refractivity (Wildman–Crippen MR) is 78.1 cm³/mol. The number of benzene rings is 1. The quantitative estimate of drug-likeness (QED) is 0.891. The summed E-state index contributed by atoms with van der Waals surface area (Å²) in [6, 6.07) is 11.0.